The van der Waals surface area contributed by atoms with Gasteiger partial charge in [0.15, 0.2) is 0 Å². The maximum absolute atomic E-state index is 10.2. The predicted octanol–water partition coefficient (Wildman–Crippen LogP) is 2.09. The molecule has 0 aliphatic carbocycles. The molecular formula is C10H12O2. The third-order valence-corrected chi connectivity index (χ3v) is 1.81. The predicted molar refractivity (Wildman–Crippen MR) is 46.6 cm³/mol. The van der Waals surface area contributed by atoms with Crippen molar-refractivity contribution in [1.82, 2.24) is 0 Å². The van der Waals surface area contributed by atoms with E-state index in [1.165, 1.54) is 0 Å². The standard InChI is InChI=1S/C10H12O2/c1-10(2,12-8-11)9-6-4-3-5-7-9/h3-8H,1-2H3. The zero-order valence-electron chi connectivity index (χ0n) is 7.28. The van der Waals surface area contributed by atoms with Crippen LogP contribution in [0.25, 0.3) is 0 Å². The first-order chi connectivity index (χ1) is 5.67. The van der Waals surface area contributed by atoms with E-state index in [9.17, 15) is 4.79 Å². The van der Waals surface area contributed by atoms with Crippen molar-refractivity contribution in [2.45, 2.75) is 19.4 Å². The Labute approximate surface area is 72.2 Å². The molecular weight excluding hydrogens is 152 g/mol. The van der Waals surface area contributed by atoms with Crippen LogP contribution in [0.3, 0.4) is 0 Å². The van der Waals surface area contributed by atoms with E-state index in [1.807, 2.05) is 44.2 Å². The molecule has 0 aliphatic rings. The molecule has 0 bridgehead atoms. The molecule has 0 fully saturated rings. The van der Waals surface area contributed by atoms with E-state index in [0.717, 1.165) is 5.56 Å². The fourth-order valence-corrected chi connectivity index (χ4v) is 1.03. The lowest BCUT2D eigenvalue weighted by Gasteiger charge is -2.22. The Balaban J connectivity index is 2.89. The average molecular weight is 164 g/mol. The zero-order chi connectivity index (χ0) is 9.03. The number of hydrogen-bond donors (Lipinski definition) is 0. The average Bonchev–Trinajstić information content (AvgIpc) is 2.06. The van der Waals surface area contributed by atoms with Gasteiger partial charge >= 0.3 is 0 Å². The minimum Gasteiger partial charge on any atom is -0.457 e. The number of ether oxygens (including phenoxy) is 1. The first-order valence-electron chi connectivity index (χ1n) is 3.84. The molecule has 0 atom stereocenters. The fraction of sp³-hybridized carbons (Fsp3) is 0.300. The van der Waals surface area contributed by atoms with Gasteiger partial charge in [-0.1, -0.05) is 30.3 Å². The van der Waals surface area contributed by atoms with Crippen LogP contribution in [0, 0.1) is 0 Å². The van der Waals surface area contributed by atoms with Crippen LogP contribution in [0.2, 0.25) is 0 Å². The van der Waals surface area contributed by atoms with Crippen molar-refractivity contribution in [3.63, 3.8) is 0 Å². The lowest BCUT2D eigenvalue weighted by atomic mass is 9.98. The summed E-state index contributed by atoms with van der Waals surface area (Å²) >= 11 is 0. The lowest BCUT2D eigenvalue weighted by molar-refractivity contribution is -0.141. The van der Waals surface area contributed by atoms with Gasteiger partial charge in [0.05, 0.1) is 0 Å². The van der Waals surface area contributed by atoms with Crippen LogP contribution in [0.1, 0.15) is 19.4 Å². The summed E-state index contributed by atoms with van der Waals surface area (Å²) in [7, 11) is 0. The van der Waals surface area contributed by atoms with E-state index < -0.39 is 5.60 Å². The Morgan fingerprint density at radius 3 is 2.33 bits per heavy atom. The summed E-state index contributed by atoms with van der Waals surface area (Å²) in [4.78, 5) is 10.2. The van der Waals surface area contributed by atoms with Gasteiger partial charge in [-0.15, -0.1) is 0 Å². The summed E-state index contributed by atoms with van der Waals surface area (Å²) in [5.74, 6) is 0. The molecule has 0 heterocycles. The molecule has 0 amide bonds. The minimum absolute atomic E-state index is 0.479. The monoisotopic (exact) mass is 164 g/mol. The molecule has 0 aliphatic heterocycles. The highest BCUT2D eigenvalue weighted by Gasteiger charge is 2.20. The van der Waals surface area contributed by atoms with Gasteiger partial charge in [0, 0.05) is 0 Å². The molecule has 0 saturated carbocycles. The fourth-order valence-electron chi connectivity index (χ4n) is 1.03. The highest BCUT2D eigenvalue weighted by atomic mass is 16.5. The maximum atomic E-state index is 10.2. The van der Waals surface area contributed by atoms with Crippen LogP contribution in [0.5, 0.6) is 0 Å². The minimum atomic E-state index is -0.525. The number of carbonyl (C=O) groups is 1. The molecule has 1 rings (SSSR count). The van der Waals surface area contributed by atoms with E-state index in [1.54, 1.807) is 0 Å². The molecule has 0 spiro atoms. The zero-order valence-corrected chi connectivity index (χ0v) is 7.28. The van der Waals surface area contributed by atoms with Gasteiger partial charge in [0.25, 0.3) is 6.47 Å². The van der Waals surface area contributed by atoms with Crippen molar-refractivity contribution in [2.24, 2.45) is 0 Å². The summed E-state index contributed by atoms with van der Waals surface area (Å²) in [5, 5.41) is 0. The Morgan fingerprint density at radius 2 is 1.83 bits per heavy atom. The Bertz CT molecular complexity index is 252. The van der Waals surface area contributed by atoms with E-state index in [-0.39, 0.29) is 0 Å². The largest absolute Gasteiger partial charge is 0.457 e. The van der Waals surface area contributed by atoms with Gasteiger partial charge in [-0.2, -0.15) is 0 Å². The lowest BCUT2D eigenvalue weighted by Crippen LogP contribution is -2.20. The SMILES string of the molecule is CC(C)(OC=O)c1ccccc1. The normalized spacial score (nSPS) is 10.8. The summed E-state index contributed by atoms with van der Waals surface area (Å²) in [5.41, 5.74) is 0.473. The van der Waals surface area contributed by atoms with Gasteiger partial charge in [-0.25, -0.2) is 0 Å². The van der Waals surface area contributed by atoms with Crippen LogP contribution in [-0.2, 0) is 15.1 Å². The molecule has 1 aromatic rings. The molecule has 12 heavy (non-hydrogen) atoms. The van der Waals surface area contributed by atoms with Crippen LogP contribution >= 0.6 is 0 Å². The quantitative estimate of drug-likeness (QED) is 0.639. The van der Waals surface area contributed by atoms with Crippen LogP contribution in [-0.4, -0.2) is 6.47 Å². The molecule has 2 nitrogen and oxygen atoms in total. The van der Waals surface area contributed by atoms with Crippen molar-refractivity contribution in [1.29, 1.82) is 0 Å². The van der Waals surface area contributed by atoms with Gasteiger partial charge in [0.1, 0.15) is 5.60 Å². The van der Waals surface area contributed by atoms with Crippen LogP contribution < -0.4 is 0 Å². The first-order valence-corrected chi connectivity index (χ1v) is 3.84. The Morgan fingerprint density at radius 1 is 1.25 bits per heavy atom. The molecule has 1 aromatic carbocycles. The highest BCUT2D eigenvalue weighted by Crippen LogP contribution is 2.22. The third-order valence-electron chi connectivity index (χ3n) is 1.81. The number of benzene rings is 1. The summed E-state index contributed by atoms with van der Waals surface area (Å²) in [6, 6.07) is 9.64. The Kier molecular flexibility index (Phi) is 2.48. The van der Waals surface area contributed by atoms with Crippen molar-refractivity contribution < 1.29 is 9.53 Å². The van der Waals surface area contributed by atoms with Gasteiger partial charge < -0.3 is 4.74 Å². The number of rotatable bonds is 3. The van der Waals surface area contributed by atoms with E-state index in [0.29, 0.717) is 6.47 Å². The molecule has 64 valence electrons. The number of carbonyl (C=O) groups excluding carboxylic acids is 1. The van der Waals surface area contributed by atoms with Crippen LogP contribution in [0.15, 0.2) is 30.3 Å². The van der Waals surface area contributed by atoms with Gasteiger partial charge in [-0.3, -0.25) is 4.79 Å². The molecule has 2 heteroatoms. The van der Waals surface area contributed by atoms with E-state index in [2.05, 4.69) is 0 Å². The summed E-state index contributed by atoms with van der Waals surface area (Å²) in [6.07, 6.45) is 0. The second-order valence-corrected chi connectivity index (χ2v) is 3.09. The van der Waals surface area contributed by atoms with Gasteiger partial charge in [-0.05, 0) is 19.4 Å². The topological polar surface area (TPSA) is 26.3 Å². The van der Waals surface area contributed by atoms with Crippen molar-refractivity contribution in [2.75, 3.05) is 0 Å². The second-order valence-electron chi connectivity index (χ2n) is 3.09. The molecule has 0 unspecified atom stereocenters. The van der Waals surface area contributed by atoms with Crippen molar-refractivity contribution >= 4 is 6.47 Å². The van der Waals surface area contributed by atoms with Crippen LogP contribution in [0.4, 0.5) is 0 Å². The molecule has 0 N–H and O–H groups in total. The summed E-state index contributed by atoms with van der Waals surface area (Å²) < 4.78 is 4.93. The van der Waals surface area contributed by atoms with Crippen molar-refractivity contribution in [3.05, 3.63) is 35.9 Å². The maximum Gasteiger partial charge on any atom is 0.293 e. The highest BCUT2D eigenvalue weighted by molar-refractivity contribution is 5.39. The molecule has 0 radical (unpaired) electrons. The van der Waals surface area contributed by atoms with E-state index >= 15 is 0 Å². The smallest absolute Gasteiger partial charge is 0.293 e. The first kappa shape index (κ1) is 8.78. The third kappa shape index (κ3) is 1.84. The van der Waals surface area contributed by atoms with Gasteiger partial charge in [0.2, 0.25) is 0 Å². The van der Waals surface area contributed by atoms with E-state index in [4.69, 9.17) is 4.74 Å². The summed E-state index contributed by atoms with van der Waals surface area (Å²) in [6.45, 7) is 4.19. The molecule has 0 saturated heterocycles. The Hall–Kier alpha value is -1.31. The number of hydrogen-bond acceptors (Lipinski definition) is 2. The van der Waals surface area contributed by atoms with Crippen molar-refractivity contribution in [3.8, 4) is 0 Å². The molecule has 0 aromatic heterocycles. The second kappa shape index (κ2) is 3.39.